The fraction of sp³-hybridized carbons (Fsp3) is 0.364. The normalized spacial score (nSPS) is 24.3. The second-order valence-corrected chi connectivity index (χ2v) is 5.73. The van der Waals surface area contributed by atoms with E-state index in [0.717, 1.165) is 5.56 Å². The molecule has 5 nitrogen and oxygen atoms in total. The van der Waals surface area contributed by atoms with E-state index in [4.69, 9.17) is 8.92 Å². The fourth-order valence-corrected chi connectivity index (χ4v) is 2.61. The van der Waals surface area contributed by atoms with Crippen molar-refractivity contribution < 1.29 is 22.8 Å². The van der Waals surface area contributed by atoms with Crippen molar-refractivity contribution in [2.75, 3.05) is 12.4 Å². The number of carbonyl (C=O) groups is 1. The van der Waals surface area contributed by atoms with Crippen LogP contribution in [0.15, 0.2) is 24.3 Å². The first-order chi connectivity index (χ1) is 7.96. The summed E-state index contributed by atoms with van der Waals surface area (Å²) in [7, 11) is -3.01. The van der Waals surface area contributed by atoms with Gasteiger partial charge in [-0.05, 0) is 19.1 Å². The third kappa shape index (κ3) is 3.19. The summed E-state index contributed by atoms with van der Waals surface area (Å²) in [5, 5.41) is 0. The Morgan fingerprint density at radius 2 is 2.06 bits per heavy atom. The van der Waals surface area contributed by atoms with E-state index in [1.54, 1.807) is 12.1 Å². The highest BCUT2D eigenvalue weighted by atomic mass is 32.3. The van der Waals surface area contributed by atoms with E-state index >= 15 is 0 Å². The number of esters is 1. The number of ether oxygens (including phenoxy) is 1. The number of aryl methyl sites for hydroxylation is 1. The zero-order valence-corrected chi connectivity index (χ0v) is 10.1. The minimum atomic E-state index is -3.01. The van der Waals surface area contributed by atoms with Crippen molar-refractivity contribution in [3.8, 4) is 0 Å². The lowest BCUT2D eigenvalue weighted by Crippen LogP contribution is -2.21. The molecule has 1 saturated heterocycles. The molecule has 0 aromatic heterocycles. The third-order valence-electron chi connectivity index (χ3n) is 2.41. The molecular weight excluding hydrogens is 244 g/mol. The van der Waals surface area contributed by atoms with Gasteiger partial charge in [0.2, 0.25) is 0 Å². The van der Waals surface area contributed by atoms with Crippen molar-refractivity contribution in [3.05, 3.63) is 35.4 Å². The molecule has 6 heteroatoms. The Bertz CT molecular complexity index is 414. The monoisotopic (exact) mass is 258 g/mol. The molecule has 1 fully saturated rings. The molecule has 1 aromatic rings. The van der Waals surface area contributed by atoms with Gasteiger partial charge < -0.3 is 13.8 Å². The highest BCUT2D eigenvalue weighted by Gasteiger charge is 2.35. The Kier molecular flexibility index (Phi) is 3.39. The Balaban J connectivity index is 1.96. The molecule has 0 amide bonds. The highest BCUT2D eigenvalue weighted by Crippen LogP contribution is 2.46. The molecule has 1 unspecified atom stereocenters. The molecule has 1 aromatic carbocycles. The van der Waals surface area contributed by atoms with E-state index in [1.165, 1.54) is 0 Å². The SMILES string of the molecule is Cc1ccc(C(=O)OC2COS(O)(O)C2)cc1. The molecule has 1 aliphatic rings. The van der Waals surface area contributed by atoms with Crippen LogP contribution in [0.2, 0.25) is 0 Å². The van der Waals surface area contributed by atoms with Crippen LogP contribution in [0.5, 0.6) is 0 Å². The summed E-state index contributed by atoms with van der Waals surface area (Å²) in [6.45, 7) is 1.95. The summed E-state index contributed by atoms with van der Waals surface area (Å²) in [5.41, 5.74) is 1.50. The number of hydrogen-bond acceptors (Lipinski definition) is 5. The highest BCUT2D eigenvalue weighted by molar-refractivity contribution is 8.20. The zero-order chi connectivity index (χ0) is 12.5. The topological polar surface area (TPSA) is 76.0 Å². The van der Waals surface area contributed by atoms with Crippen molar-refractivity contribution in [3.63, 3.8) is 0 Å². The maximum Gasteiger partial charge on any atom is 0.338 e. The van der Waals surface area contributed by atoms with E-state index in [0.29, 0.717) is 5.56 Å². The van der Waals surface area contributed by atoms with E-state index in [2.05, 4.69) is 0 Å². The van der Waals surface area contributed by atoms with Crippen LogP contribution < -0.4 is 0 Å². The van der Waals surface area contributed by atoms with Gasteiger partial charge in [0.1, 0.15) is 12.7 Å². The summed E-state index contributed by atoms with van der Waals surface area (Å²) in [6.07, 6.45) is -0.589. The van der Waals surface area contributed by atoms with Crippen molar-refractivity contribution in [2.24, 2.45) is 0 Å². The van der Waals surface area contributed by atoms with E-state index < -0.39 is 22.9 Å². The summed E-state index contributed by atoms with van der Waals surface area (Å²) in [4.78, 5) is 11.7. The number of carbonyl (C=O) groups excluding carboxylic acids is 1. The quantitative estimate of drug-likeness (QED) is 0.795. The lowest BCUT2D eigenvalue weighted by atomic mass is 10.1. The van der Waals surface area contributed by atoms with Crippen LogP contribution in [0.1, 0.15) is 15.9 Å². The zero-order valence-electron chi connectivity index (χ0n) is 9.33. The molecule has 1 aliphatic heterocycles. The van der Waals surface area contributed by atoms with Gasteiger partial charge in [-0.15, -0.1) is 0 Å². The molecule has 17 heavy (non-hydrogen) atoms. The van der Waals surface area contributed by atoms with Crippen molar-refractivity contribution in [1.29, 1.82) is 0 Å². The molecule has 0 radical (unpaired) electrons. The first-order valence-electron chi connectivity index (χ1n) is 5.14. The molecule has 0 bridgehead atoms. The van der Waals surface area contributed by atoms with Crippen LogP contribution >= 0.6 is 10.9 Å². The predicted molar refractivity (Wildman–Crippen MR) is 64.1 cm³/mol. The van der Waals surface area contributed by atoms with Gasteiger partial charge >= 0.3 is 5.97 Å². The first-order valence-corrected chi connectivity index (χ1v) is 6.78. The Morgan fingerprint density at radius 3 is 2.59 bits per heavy atom. The van der Waals surface area contributed by atoms with Crippen molar-refractivity contribution in [1.82, 2.24) is 0 Å². The van der Waals surface area contributed by atoms with Crippen molar-refractivity contribution in [2.45, 2.75) is 13.0 Å². The number of benzene rings is 1. The Hall–Kier alpha value is -1.08. The molecule has 0 aliphatic carbocycles. The number of hydrogen-bond donors (Lipinski definition) is 2. The lowest BCUT2D eigenvalue weighted by Gasteiger charge is -2.17. The maximum absolute atomic E-state index is 11.7. The molecule has 1 atom stereocenters. The second-order valence-electron chi connectivity index (χ2n) is 3.95. The van der Waals surface area contributed by atoms with E-state index in [9.17, 15) is 13.9 Å². The van der Waals surface area contributed by atoms with Gasteiger partial charge in [-0.1, -0.05) is 17.7 Å². The van der Waals surface area contributed by atoms with Gasteiger partial charge in [-0.3, -0.25) is 4.18 Å². The Morgan fingerprint density at radius 1 is 1.41 bits per heavy atom. The molecule has 1 heterocycles. The minimum absolute atomic E-state index is 0.0277. The first kappa shape index (κ1) is 12.4. The summed E-state index contributed by atoms with van der Waals surface area (Å²) < 4.78 is 28.3. The van der Waals surface area contributed by atoms with Gasteiger partial charge in [0.25, 0.3) is 0 Å². The molecule has 2 rings (SSSR count). The van der Waals surface area contributed by atoms with Gasteiger partial charge in [-0.25, -0.2) is 4.79 Å². The van der Waals surface area contributed by atoms with Gasteiger partial charge in [-0.2, -0.15) is 0 Å². The van der Waals surface area contributed by atoms with Crippen molar-refractivity contribution >= 4 is 16.8 Å². The minimum Gasteiger partial charge on any atom is -0.455 e. The molecule has 0 saturated carbocycles. The van der Waals surface area contributed by atoms with Crippen LogP contribution in [0.3, 0.4) is 0 Å². The predicted octanol–water partition coefficient (Wildman–Crippen LogP) is 2.22. The lowest BCUT2D eigenvalue weighted by molar-refractivity contribution is 0.0301. The van der Waals surface area contributed by atoms with Gasteiger partial charge in [0.05, 0.1) is 22.2 Å². The van der Waals surface area contributed by atoms with Crippen LogP contribution in [-0.4, -0.2) is 33.5 Å². The largest absolute Gasteiger partial charge is 0.455 e. The maximum atomic E-state index is 11.7. The standard InChI is InChI=1S/C11H14O5S/c1-8-2-4-9(5-3-8)11(12)16-10-6-15-17(13,14)7-10/h2-5,10,13-14H,6-7H2,1H3. The van der Waals surface area contributed by atoms with Gasteiger partial charge in [0.15, 0.2) is 0 Å². The smallest absolute Gasteiger partial charge is 0.338 e. The molecule has 94 valence electrons. The van der Waals surface area contributed by atoms with Crippen LogP contribution in [-0.2, 0) is 8.92 Å². The van der Waals surface area contributed by atoms with Crippen LogP contribution in [0, 0.1) is 6.92 Å². The summed E-state index contributed by atoms with van der Waals surface area (Å²) in [6, 6.07) is 6.97. The summed E-state index contributed by atoms with van der Waals surface area (Å²) >= 11 is 0. The fourth-order valence-electron chi connectivity index (χ4n) is 1.50. The Labute approximate surface area is 101 Å². The average Bonchev–Trinajstić information content (AvgIpc) is 2.59. The van der Waals surface area contributed by atoms with E-state index in [1.807, 2.05) is 19.1 Å². The second kappa shape index (κ2) is 4.66. The molecule has 2 N–H and O–H groups in total. The van der Waals surface area contributed by atoms with Gasteiger partial charge in [0, 0.05) is 0 Å². The van der Waals surface area contributed by atoms with Crippen LogP contribution in [0.4, 0.5) is 0 Å². The average molecular weight is 258 g/mol. The number of rotatable bonds is 2. The molecular formula is C11H14O5S. The van der Waals surface area contributed by atoms with Crippen LogP contribution in [0.25, 0.3) is 0 Å². The third-order valence-corrected chi connectivity index (χ3v) is 3.73. The van der Waals surface area contributed by atoms with E-state index in [-0.39, 0.29) is 12.4 Å². The molecule has 0 spiro atoms. The summed E-state index contributed by atoms with van der Waals surface area (Å²) in [5.74, 6) is -0.527.